The summed E-state index contributed by atoms with van der Waals surface area (Å²) >= 11 is 0. The molecule has 1 saturated heterocycles. The Labute approximate surface area is 211 Å². The molecule has 7 nitrogen and oxygen atoms in total. The lowest BCUT2D eigenvalue weighted by Crippen LogP contribution is -2.50. The molecule has 0 saturated carbocycles. The first kappa shape index (κ1) is 24.2. The summed E-state index contributed by atoms with van der Waals surface area (Å²) in [6.45, 7) is 0.522. The topological polar surface area (TPSA) is 123 Å². The Balaban J connectivity index is 1.77. The maximum Gasteiger partial charge on any atom is 0.309 e. The van der Waals surface area contributed by atoms with Gasteiger partial charge in [0.15, 0.2) is 0 Å². The summed E-state index contributed by atoms with van der Waals surface area (Å²) in [7, 11) is 0. The van der Waals surface area contributed by atoms with Gasteiger partial charge in [0, 0.05) is 47.9 Å². The van der Waals surface area contributed by atoms with Crippen LogP contribution in [0.15, 0.2) is 60.8 Å². The molecule has 0 bridgehead atoms. The predicted octanol–water partition coefficient (Wildman–Crippen LogP) is 4.66. The second-order valence-corrected chi connectivity index (χ2v) is 9.07. The van der Waals surface area contributed by atoms with E-state index in [0.29, 0.717) is 46.2 Å². The SMILES string of the molecule is N#Cc1cccc(-c2ccc3ncc(-c4cc(F)cc(F)c4)c(N4CC[C@@H](N)C(C(=O)O)C4)c3c2)c1O. The van der Waals surface area contributed by atoms with E-state index in [1.54, 1.807) is 30.3 Å². The van der Waals surface area contributed by atoms with E-state index < -0.39 is 29.6 Å². The number of hydrogen-bond donors (Lipinski definition) is 3. The number of carbonyl (C=O) groups is 1. The van der Waals surface area contributed by atoms with E-state index in [4.69, 9.17) is 5.73 Å². The molecule has 5 rings (SSSR count). The van der Waals surface area contributed by atoms with Crippen molar-refractivity contribution >= 4 is 22.6 Å². The number of aromatic hydroxyl groups is 1. The van der Waals surface area contributed by atoms with E-state index in [2.05, 4.69) is 4.98 Å². The second-order valence-electron chi connectivity index (χ2n) is 9.07. The number of phenolic OH excluding ortho intramolecular Hbond substituents is 1. The normalized spacial score (nSPS) is 17.5. The zero-order chi connectivity index (χ0) is 26.3. The average molecular weight is 501 g/mol. The number of benzene rings is 3. The minimum absolute atomic E-state index is 0.0970. The lowest BCUT2D eigenvalue weighted by atomic mass is 9.90. The summed E-state index contributed by atoms with van der Waals surface area (Å²) in [6.07, 6.45) is 1.92. The number of para-hydroxylation sites is 1. The monoisotopic (exact) mass is 500 g/mol. The van der Waals surface area contributed by atoms with Crippen LogP contribution >= 0.6 is 0 Å². The first-order valence-corrected chi connectivity index (χ1v) is 11.6. The van der Waals surface area contributed by atoms with E-state index in [9.17, 15) is 29.1 Å². The van der Waals surface area contributed by atoms with Gasteiger partial charge >= 0.3 is 5.97 Å². The van der Waals surface area contributed by atoms with Gasteiger partial charge in [-0.2, -0.15) is 5.26 Å². The summed E-state index contributed by atoms with van der Waals surface area (Å²) in [5.74, 6) is -3.53. The number of pyridine rings is 1. The van der Waals surface area contributed by atoms with Crippen molar-refractivity contribution in [2.75, 3.05) is 18.0 Å². The quantitative estimate of drug-likeness (QED) is 0.372. The van der Waals surface area contributed by atoms with Gasteiger partial charge < -0.3 is 20.8 Å². The highest BCUT2D eigenvalue weighted by Crippen LogP contribution is 2.41. The van der Waals surface area contributed by atoms with E-state index in [0.717, 1.165) is 6.07 Å². The number of aromatic nitrogens is 1. The van der Waals surface area contributed by atoms with Crippen LogP contribution in [0.1, 0.15) is 12.0 Å². The Morgan fingerprint density at radius 1 is 1.08 bits per heavy atom. The number of carboxylic acids is 1. The van der Waals surface area contributed by atoms with Gasteiger partial charge in [-0.05, 0) is 47.9 Å². The summed E-state index contributed by atoms with van der Waals surface area (Å²) in [6, 6.07) is 14.7. The molecule has 4 aromatic rings. The van der Waals surface area contributed by atoms with Crippen molar-refractivity contribution in [1.29, 1.82) is 5.26 Å². The molecule has 1 aliphatic rings. The first-order valence-electron chi connectivity index (χ1n) is 11.6. The standard InChI is InChI=1S/C28H22F2N4O3/c29-18-8-17(9-19(30)11-18)22-13-33-25-5-4-15(20-3-1-2-16(12-31)27(20)35)10-21(25)26(22)34-7-6-24(32)23(14-34)28(36)37/h1-5,8-11,13,23-24,35H,6-7,14,32H2,(H,36,37)/t23?,24-/m1/s1. The molecule has 0 radical (unpaired) electrons. The first-order chi connectivity index (χ1) is 17.8. The van der Waals surface area contributed by atoms with Crippen LogP contribution in [-0.2, 0) is 4.79 Å². The molecule has 0 aliphatic carbocycles. The Morgan fingerprint density at radius 3 is 2.54 bits per heavy atom. The summed E-state index contributed by atoms with van der Waals surface area (Å²) < 4.78 is 28.4. The third-order valence-corrected chi connectivity index (χ3v) is 6.78. The van der Waals surface area contributed by atoms with Crippen LogP contribution in [0.5, 0.6) is 5.75 Å². The van der Waals surface area contributed by atoms with Crippen LogP contribution in [0.4, 0.5) is 14.5 Å². The van der Waals surface area contributed by atoms with Crippen molar-refractivity contribution in [1.82, 2.24) is 4.98 Å². The van der Waals surface area contributed by atoms with Crippen LogP contribution in [0.2, 0.25) is 0 Å². The molecule has 4 N–H and O–H groups in total. The lowest BCUT2D eigenvalue weighted by Gasteiger charge is -2.37. The Hall–Kier alpha value is -4.55. The summed E-state index contributed by atoms with van der Waals surface area (Å²) in [5.41, 5.74) is 9.04. The number of nitrogens with two attached hydrogens (primary N) is 1. The van der Waals surface area contributed by atoms with Crippen LogP contribution in [0.25, 0.3) is 33.2 Å². The van der Waals surface area contributed by atoms with Gasteiger partial charge in [-0.1, -0.05) is 18.2 Å². The minimum atomic E-state index is -1.02. The molecule has 1 unspecified atom stereocenters. The largest absolute Gasteiger partial charge is 0.506 e. The number of piperidine rings is 1. The number of phenols is 1. The van der Waals surface area contributed by atoms with Gasteiger partial charge in [-0.3, -0.25) is 9.78 Å². The van der Waals surface area contributed by atoms with Gasteiger partial charge in [0.25, 0.3) is 0 Å². The third kappa shape index (κ3) is 4.43. The van der Waals surface area contributed by atoms with Crippen molar-refractivity contribution < 1.29 is 23.8 Å². The number of anilines is 1. The molecule has 2 atom stereocenters. The number of aliphatic carboxylic acids is 1. The van der Waals surface area contributed by atoms with Crippen molar-refractivity contribution in [3.8, 4) is 34.1 Å². The molecule has 1 aliphatic heterocycles. The number of nitriles is 1. The zero-order valence-electron chi connectivity index (χ0n) is 19.5. The smallest absolute Gasteiger partial charge is 0.309 e. The Morgan fingerprint density at radius 2 is 1.84 bits per heavy atom. The van der Waals surface area contributed by atoms with E-state index in [-0.39, 0.29) is 23.4 Å². The van der Waals surface area contributed by atoms with Crippen LogP contribution in [0, 0.1) is 28.9 Å². The molecule has 1 fully saturated rings. The number of halogens is 2. The molecule has 2 heterocycles. The molecule has 0 spiro atoms. The fourth-order valence-corrected chi connectivity index (χ4v) is 4.91. The maximum absolute atomic E-state index is 14.2. The number of fused-ring (bicyclic) bond motifs is 1. The van der Waals surface area contributed by atoms with Crippen molar-refractivity contribution in [2.45, 2.75) is 12.5 Å². The highest BCUT2D eigenvalue weighted by Gasteiger charge is 2.34. The molecule has 1 aromatic heterocycles. The fourth-order valence-electron chi connectivity index (χ4n) is 4.91. The summed E-state index contributed by atoms with van der Waals surface area (Å²) in [5, 5.41) is 30.3. The van der Waals surface area contributed by atoms with E-state index >= 15 is 0 Å². The van der Waals surface area contributed by atoms with E-state index in [1.165, 1.54) is 24.4 Å². The van der Waals surface area contributed by atoms with Crippen LogP contribution in [0.3, 0.4) is 0 Å². The van der Waals surface area contributed by atoms with Gasteiger partial charge in [0.2, 0.25) is 0 Å². The average Bonchev–Trinajstić information content (AvgIpc) is 2.87. The van der Waals surface area contributed by atoms with Crippen molar-refractivity contribution in [2.24, 2.45) is 11.7 Å². The van der Waals surface area contributed by atoms with Crippen molar-refractivity contribution in [3.63, 3.8) is 0 Å². The molecule has 0 amide bonds. The number of rotatable bonds is 4. The Kier molecular flexibility index (Phi) is 6.19. The predicted molar refractivity (Wildman–Crippen MR) is 135 cm³/mol. The summed E-state index contributed by atoms with van der Waals surface area (Å²) in [4.78, 5) is 18.3. The highest BCUT2D eigenvalue weighted by molar-refractivity contribution is 6.02. The molecule has 3 aromatic carbocycles. The number of carboxylic acid groups (broad SMARTS) is 1. The van der Waals surface area contributed by atoms with Crippen LogP contribution < -0.4 is 10.6 Å². The van der Waals surface area contributed by atoms with Crippen molar-refractivity contribution in [3.05, 3.63) is 78.0 Å². The maximum atomic E-state index is 14.2. The number of nitrogens with zero attached hydrogens (tertiary/aromatic N) is 3. The molecular weight excluding hydrogens is 478 g/mol. The van der Waals surface area contributed by atoms with Crippen LogP contribution in [-0.4, -0.2) is 40.3 Å². The third-order valence-electron chi connectivity index (χ3n) is 6.78. The second kappa shape index (κ2) is 9.48. The molecular formula is C28H22F2N4O3. The lowest BCUT2D eigenvalue weighted by molar-refractivity contribution is -0.142. The minimum Gasteiger partial charge on any atom is -0.506 e. The van der Waals surface area contributed by atoms with Gasteiger partial charge in [0.1, 0.15) is 23.5 Å². The zero-order valence-corrected chi connectivity index (χ0v) is 19.5. The van der Waals surface area contributed by atoms with Gasteiger partial charge in [0.05, 0.1) is 22.7 Å². The van der Waals surface area contributed by atoms with Gasteiger partial charge in [-0.25, -0.2) is 8.78 Å². The van der Waals surface area contributed by atoms with Gasteiger partial charge in [-0.15, -0.1) is 0 Å². The van der Waals surface area contributed by atoms with E-state index in [1.807, 2.05) is 11.0 Å². The number of hydrogen-bond acceptors (Lipinski definition) is 6. The fraction of sp³-hybridized carbons (Fsp3) is 0.179. The molecule has 37 heavy (non-hydrogen) atoms. The molecule has 186 valence electrons. The molecule has 9 heteroatoms. The Bertz CT molecular complexity index is 1560. The highest BCUT2D eigenvalue weighted by atomic mass is 19.1.